The first-order chi connectivity index (χ1) is 27.5. The van der Waals surface area contributed by atoms with Gasteiger partial charge in [-0.3, -0.25) is 9.59 Å². The minimum Gasteiger partial charge on any atom is -0.463 e. The number of hydrogen-bond acceptors (Lipinski definition) is 7. The summed E-state index contributed by atoms with van der Waals surface area (Å²) in [6.07, 6.45) is 38.7. The van der Waals surface area contributed by atoms with Crippen LogP contribution in [0.15, 0.2) is 0 Å². The van der Waals surface area contributed by atoms with Gasteiger partial charge in [0.15, 0.2) is 0 Å². The predicted octanol–water partition coefficient (Wildman–Crippen LogP) is 13.5. The molecule has 340 valence electrons. The van der Waals surface area contributed by atoms with Crippen LogP contribution < -0.4 is 5.32 Å². The van der Waals surface area contributed by atoms with Crippen LogP contribution in [0.1, 0.15) is 253 Å². The van der Waals surface area contributed by atoms with Gasteiger partial charge in [0.2, 0.25) is 12.0 Å². The Morgan fingerprint density at radius 3 is 1.23 bits per heavy atom. The molecule has 0 aromatic heterocycles. The fourth-order valence-electron chi connectivity index (χ4n) is 6.54. The van der Waals surface area contributed by atoms with Gasteiger partial charge < -0.3 is 24.6 Å². The van der Waals surface area contributed by atoms with Gasteiger partial charge in [0.1, 0.15) is 0 Å². The summed E-state index contributed by atoms with van der Waals surface area (Å²) < 4.78 is 15.8. The fourth-order valence-corrected chi connectivity index (χ4v) is 6.54. The lowest BCUT2D eigenvalue weighted by Crippen LogP contribution is -2.40. The first-order valence-electron chi connectivity index (χ1n) is 24.3. The average Bonchev–Trinajstić information content (AvgIpc) is 3.19. The first kappa shape index (κ1) is 57.4. The normalized spacial score (nSPS) is 11.9. The smallest absolute Gasteiger partial charge is 0.349 e. The van der Waals surface area contributed by atoms with Crippen molar-refractivity contribution in [1.82, 2.24) is 5.32 Å². The monoisotopic (exact) mass is 812 g/mol. The highest BCUT2D eigenvalue weighted by atomic mass is 16.6. The topological polar surface area (TPSA) is 111 Å². The Balaban J connectivity index is 0. The first-order valence-corrected chi connectivity index (χ1v) is 24.3. The molecule has 0 aliphatic rings. The third-order valence-corrected chi connectivity index (χ3v) is 10.9. The molecule has 0 bridgehead atoms. The molecule has 0 saturated carbocycles. The molecule has 0 aromatic rings. The van der Waals surface area contributed by atoms with Crippen LogP contribution in [0, 0.1) is 5.92 Å². The zero-order chi connectivity index (χ0) is 42.7. The van der Waals surface area contributed by atoms with E-state index in [1.54, 1.807) is 7.11 Å². The number of rotatable bonds is 41. The molecule has 0 rings (SSSR count). The molecule has 0 aliphatic heterocycles. The third-order valence-electron chi connectivity index (χ3n) is 10.9. The van der Waals surface area contributed by atoms with Gasteiger partial charge in [-0.05, 0) is 39.0 Å². The van der Waals surface area contributed by atoms with Gasteiger partial charge in [-0.2, -0.15) is 0 Å². The maximum Gasteiger partial charge on any atom is 0.349 e. The standard InChI is InChI=1S/C44H85NO5.C5H12O2/c1-5-7-9-11-13-15-17-19-21-23-25-27-29-31-33-35-42(46)45-39-41(44(48)49-38-37-40(3)4)50-43(47)36-34-32-30-28-26-24-22-20-18-16-14-12-10-8-6-2;1-5(2,4-6)7-3/h40-41H,5-39H2,1-4H3,(H,45,46);6H,4H2,1-3H3. The molecule has 0 spiro atoms. The second-order valence-electron chi connectivity index (χ2n) is 17.7. The van der Waals surface area contributed by atoms with Gasteiger partial charge in [0.25, 0.3) is 0 Å². The highest BCUT2D eigenvalue weighted by Gasteiger charge is 2.25. The predicted molar refractivity (Wildman–Crippen MR) is 241 cm³/mol. The Kier molecular flexibility index (Phi) is 44.2. The van der Waals surface area contributed by atoms with Crippen molar-refractivity contribution in [1.29, 1.82) is 0 Å². The van der Waals surface area contributed by atoms with Crippen LogP contribution >= 0.6 is 0 Å². The SMILES string of the molecule is CCCCCCCCCCCCCCCCCC(=O)NCC(OC(=O)CCCCCCCCCCCCCCCCC)C(=O)OCCC(C)C.COC(C)(C)CO. The lowest BCUT2D eigenvalue weighted by Gasteiger charge is -2.18. The molecule has 0 heterocycles. The maximum absolute atomic E-state index is 12.7. The number of carbonyl (C=O) groups excluding carboxylic acids is 3. The van der Waals surface area contributed by atoms with Crippen LogP contribution in [0.2, 0.25) is 0 Å². The summed E-state index contributed by atoms with van der Waals surface area (Å²) in [6, 6.07) is 0. The van der Waals surface area contributed by atoms with E-state index in [1.165, 1.54) is 154 Å². The second-order valence-corrected chi connectivity index (χ2v) is 17.7. The highest BCUT2D eigenvalue weighted by Crippen LogP contribution is 2.16. The van der Waals surface area contributed by atoms with Crippen molar-refractivity contribution in [2.24, 2.45) is 5.92 Å². The molecule has 0 aliphatic carbocycles. The van der Waals surface area contributed by atoms with Crippen LogP contribution in [0.3, 0.4) is 0 Å². The van der Waals surface area contributed by atoms with Gasteiger partial charge in [-0.25, -0.2) is 4.79 Å². The van der Waals surface area contributed by atoms with E-state index in [-0.39, 0.29) is 37.2 Å². The summed E-state index contributed by atoms with van der Waals surface area (Å²) in [5.74, 6) is -0.647. The van der Waals surface area contributed by atoms with Gasteiger partial charge in [-0.15, -0.1) is 0 Å². The fraction of sp³-hybridized carbons (Fsp3) is 0.939. The van der Waals surface area contributed by atoms with Crippen molar-refractivity contribution in [3.8, 4) is 0 Å². The van der Waals surface area contributed by atoms with Crippen LogP contribution in [0.4, 0.5) is 0 Å². The maximum atomic E-state index is 12.7. The zero-order valence-electron chi connectivity index (χ0n) is 39.0. The van der Waals surface area contributed by atoms with Gasteiger partial charge >= 0.3 is 11.9 Å². The molecule has 0 aromatic carbocycles. The summed E-state index contributed by atoms with van der Waals surface area (Å²) in [5, 5.41) is 11.3. The third kappa shape index (κ3) is 45.3. The summed E-state index contributed by atoms with van der Waals surface area (Å²) in [4.78, 5) is 37.9. The molecular weight excluding hydrogens is 715 g/mol. The molecule has 0 fully saturated rings. The number of methoxy groups -OCH3 is 1. The van der Waals surface area contributed by atoms with E-state index < -0.39 is 12.1 Å². The molecule has 8 heteroatoms. The molecular formula is C49H97NO7. The minimum atomic E-state index is -1.09. The van der Waals surface area contributed by atoms with Crippen LogP contribution in [-0.2, 0) is 28.6 Å². The van der Waals surface area contributed by atoms with Crippen LogP contribution in [0.5, 0.6) is 0 Å². The summed E-state index contributed by atoms with van der Waals surface area (Å²) in [6.45, 7) is 12.7. The van der Waals surface area contributed by atoms with Crippen molar-refractivity contribution in [2.75, 3.05) is 26.9 Å². The minimum absolute atomic E-state index is 0.0251. The van der Waals surface area contributed by atoms with Crippen molar-refractivity contribution in [2.45, 2.75) is 265 Å². The van der Waals surface area contributed by atoms with Gasteiger partial charge in [-0.1, -0.05) is 207 Å². The molecule has 1 amide bonds. The number of unbranched alkanes of at least 4 members (excludes halogenated alkanes) is 28. The van der Waals surface area contributed by atoms with E-state index in [0.29, 0.717) is 18.8 Å². The lowest BCUT2D eigenvalue weighted by molar-refractivity contribution is -0.168. The van der Waals surface area contributed by atoms with E-state index in [4.69, 9.17) is 19.3 Å². The number of nitrogens with one attached hydrogen (secondary N) is 1. The molecule has 8 nitrogen and oxygen atoms in total. The van der Waals surface area contributed by atoms with Crippen molar-refractivity contribution in [3.63, 3.8) is 0 Å². The quantitative estimate of drug-likeness (QED) is 0.0467. The second kappa shape index (κ2) is 43.9. The van der Waals surface area contributed by atoms with E-state index in [9.17, 15) is 14.4 Å². The van der Waals surface area contributed by atoms with Gasteiger partial charge in [0, 0.05) is 20.0 Å². The van der Waals surface area contributed by atoms with Crippen LogP contribution in [0.25, 0.3) is 0 Å². The van der Waals surface area contributed by atoms with E-state index >= 15 is 0 Å². The number of ether oxygens (including phenoxy) is 3. The van der Waals surface area contributed by atoms with Crippen molar-refractivity contribution < 1.29 is 33.7 Å². The molecule has 1 unspecified atom stereocenters. The molecule has 2 N–H and O–H groups in total. The number of carbonyl (C=O) groups is 3. The Labute approximate surface area is 353 Å². The van der Waals surface area contributed by atoms with Gasteiger partial charge in [0.05, 0.1) is 25.4 Å². The number of aliphatic hydroxyl groups is 1. The number of esters is 2. The summed E-state index contributed by atoms with van der Waals surface area (Å²) >= 11 is 0. The largest absolute Gasteiger partial charge is 0.463 e. The zero-order valence-corrected chi connectivity index (χ0v) is 39.0. The Morgan fingerprint density at radius 1 is 0.561 bits per heavy atom. The summed E-state index contributed by atoms with van der Waals surface area (Å²) in [5.41, 5.74) is -0.361. The van der Waals surface area contributed by atoms with E-state index in [0.717, 1.165) is 44.9 Å². The Bertz CT molecular complexity index is 872. The average molecular weight is 812 g/mol. The summed E-state index contributed by atoms with van der Waals surface area (Å²) in [7, 11) is 1.58. The van der Waals surface area contributed by atoms with Crippen molar-refractivity contribution >= 4 is 17.8 Å². The number of hydrogen-bond donors (Lipinski definition) is 2. The Morgan fingerprint density at radius 2 is 0.912 bits per heavy atom. The van der Waals surface area contributed by atoms with E-state index in [2.05, 4.69) is 33.0 Å². The van der Waals surface area contributed by atoms with Crippen LogP contribution in [-0.4, -0.2) is 61.5 Å². The number of aliphatic hydroxyl groups excluding tert-OH is 1. The van der Waals surface area contributed by atoms with E-state index in [1.807, 2.05) is 13.8 Å². The molecule has 0 radical (unpaired) electrons. The lowest BCUT2D eigenvalue weighted by atomic mass is 10.0. The van der Waals surface area contributed by atoms with Crippen molar-refractivity contribution in [3.05, 3.63) is 0 Å². The highest BCUT2D eigenvalue weighted by molar-refractivity contribution is 5.81. The number of amides is 1. The Hall–Kier alpha value is -1.67. The molecule has 0 saturated heterocycles. The molecule has 1 atom stereocenters. The molecule has 57 heavy (non-hydrogen) atoms.